The maximum Gasteiger partial charge on any atom is 2.00 e. The quantitative estimate of drug-likeness (QED) is 0.524. The van der Waals surface area contributed by atoms with Crippen molar-refractivity contribution in [2.45, 2.75) is 6.10 Å². The predicted octanol–water partition coefficient (Wildman–Crippen LogP) is -2.03. The van der Waals surface area contributed by atoms with Crippen LogP contribution in [0.15, 0.2) is 34.8 Å². The van der Waals surface area contributed by atoms with Crippen molar-refractivity contribution in [1.29, 1.82) is 0 Å². The number of hydrogen-bond acceptors (Lipinski definition) is 3. The van der Waals surface area contributed by atoms with E-state index < -0.39 is 11.9 Å². The van der Waals surface area contributed by atoms with Crippen molar-refractivity contribution in [3.8, 4) is 11.5 Å². The molecule has 0 aliphatic carbocycles. The molecule has 2 rings (SSSR count). The maximum absolute atomic E-state index is 14.1. The normalized spacial score (nSPS) is 10.6. The van der Waals surface area contributed by atoms with Crippen molar-refractivity contribution in [1.82, 2.24) is 0 Å². The number of benzene rings is 2. The van der Waals surface area contributed by atoms with Gasteiger partial charge in [-0.2, -0.15) is 0 Å². The molecule has 0 amide bonds. The first-order chi connectivity index (χ1) is 9.99. The molecule has 0 heterocycles. The second kappa shape index (κ2) is 11.6. The molecule has 24 heavy (non-hydrogen) atoms. The molecular weight excluding hydrogens is 458 g/mol. The monoisotopic (exact) mass is 468 g/mol. The molecule has 0 saturated carbocycles. The number of ether oxygens (including phenoxy) is 2. The van der Waals surface area contributed by atoms with Crippen molar-refractivity contribution in [2.24, 2.45) is 0 Å². The van der Waals surface area contributed by atoms with Gasteiger partial charge in [-0.3, -0.25) is 0 Å². The van der Waals surface area contributed by atoms with Crippen LogP contribution in [0.1, 0.15) is 17.2 Å². The largest absolute Gasteiger partial charge is 2.00 e. The molecule has 1 atom stereocenters. The Bertz CT molecular complexity index is 677. The predicted molar refractivity (Wildman–Crippen MR) is 88.5 cm³/mol. The molecule has 3 nitrogen and oxygen atoms in total. The minimum absolute atomic E-state index is 0. The third-order valence-electron chi connectivity index (χ3n) is 3.07. The first kappa shape index (κ1) is 26.3. The van der Waals surface area contributed by atoms with E-state index in [9.17, 15) is 9.50 Å². The van der Waals surface area contributed by atoms with E-state index in [0.717, 1.165) is 0 Å². The molecular formula is C15H13BrCl3FMgO3. The Morgan fingerprint density at radius 2 is 1.67 bits per heavy atom. The van der Waals surface area contributed by atoms with Crippen LogP contribution in [0.4, 0.5) is 4.39 Å². The zero-order chi connectivity index (χ0) is 15.6. The van der Waals surface area contributed by atoms with Gasteiger partial charge in [0.05, 0.1) is 23.7 Å². The molecule has 2 aromatic rings. The number of halogens is 5. The summed E-state index contributed by atoms with van der Waals surface area (Å²) >= 11 is 9.08. The third-order valence-corrected chi connectivity index (χ3v) is 3.99. The number of aliphatic hydroxyl groups is 1. The van der Waals surface area contributed by atoms with E-state index in [0.29, 0.717) is 21.5 Å². The molecule has 9 heteroatoms. The zero-order valence-corrected chi connectivity index (χ0v) is 18.1. The van der Waals surface area contributed by atoms with E-state index in [-0.39, 0.29) is 58.5 Å². The summed E-state index contributed by atoms with van der Waals surface area (Å²) in [5.74, 6) is 0.289. The summed E-state index contributed by atoms with van der Waals surface area (Å²) in [5, 5.41) is 10.4. The van der Waals surface area contributed by atoms with Crippen LogP contribution in [0.5, 0.6) is 11.5 Å². The summed E-state index contributed by atoms with van der Waals surface area (Å²) < 4.78 is 25.1. The van der Waals surface area contributed by atoms with Crippen LogP contribution in [0.3, 0.4) is 0 Å². The fraction of sp³-hybridized carbons (Fsp3) is 0.200. The minimum atomic E-state index is -1.21. The van der Waals surface area contributed by atoms with Crippen molar-refractivity contribution >= 4 is 50.6 Å². The van der Waals surface area contributed by atoms with Crippen LogP contribution in [-0.4, -0.2) is 42.4 Å². The molecule has 0 aliphatic rings. The van der Waals surface area contributed by atoms with Gasteiger partial charge in [-0.15, -0.1) is 0 Å². The van der Waals surface area contributed by atoms with Crippen LogP contribution in [0.25, 0.3) is 0 Å². The fourth-order valence-corrected chi connectivity index (χ4v) is 2.70. The van der Waals surface area contributed by atoms with Gasteiger partial charge in [0.25, 0.3) is 0 Å². The Hall–Kier alpha value is 0.0462. The van der Waals surface area contributed by atoms with Crippen LogP contribution >= 0.6 is 27.5 Å². The minimum Gasteiger partial charge on any atom is -1.00 e. The standard InChI is InChI=1S/C15H13BrClFO3.2ClH.Mg/c1-20-12-7-13(21-2)10(16)6-9(12)15(19)8-4-3-5-11(17)14(8)18;;;/h3-7,15,19H,1-2H3;2*1H;/q;;;+2/p-2. The molecule has 0 fully saturated rings. The zero-order valence-electron chi connectivity index (χ0n) is 12.8. The van der Waals surface area contributed by atoms with Crippen molar-refractivity contribution in [3.05, 3.63) is 56.8 Å². The second-order valence-electron chi connectivity index (χ2n) is 4.27. The number of methoxy groups -OCH3 is 2. The Labute approximate surface area is 182 Å². The van der Waals surface area contributed by atoms with Crippen LogP contribution < -0.4 is 34.3 Å². The van der Waals surface area contributed by atoms with Gasteiger partial charge in [-0.25, -0.2) is 4.39 Å². The summed E-state index contributed by atoms with van der Waals surface area (Å²) in [6.07, 6.45) is -1.21. The molecule has 0 bridgehead atoms. The first-order valence-corrected chi connectivity index (χ1v) is 7.20. The summed E-state index contributed by atoms with van der Waals surface area (Å²) in [5.41, 5.74) is 0.490. The number of hydrogen-bond donors (Lipinski definition) is 1. The molecule has 0 spiro atoms. The Morgan fingerprint density at radius 3 is 2.21 bits per heavy atom. The summed E-state index contributed by atoms with van der Waals surface area (Å²) in [6, 6.07) is 7.72. The van der Waals surface area contributed by atoms with Gasteiger partial charge in [-0.05, 0) is 28.1 Å². The van der Waals surface area contributed by atoms with Gasteiger partial charge in [0.1, 0.15) is 23.4 Å². The third kappa shape index (κ3) is 5.52. The molecule has 2 aromatic carbocycles. The van der Waals surface area contributed by atoms with Crippen molar-refractivity contribution < 1.29 is 43.8 Å². The van der Waals surface area contributed by atoms with E-state index >= 15 is 0 Å². The summed E-state index contributed by atoms with van der Waals surface area (Å²) in [4.78, 5) is 0. The number of aliphatic hydroxyl groups excluding tert-OH is 1. The summed E-state index contributed by atoms with van der Waals surface area (Å²) in [6.45, 7) is 0. The van der Waals surface area contributed by atoms with Gasteiger partial charge in [0, 0.05) is 17.2 Å². The molecule has 0 aromatic heterocycles. The molecule has 128 valence electrons. The van der Waals surface area contributed by atoms with E-state index in [1.807, 2.05) is 0 Å². The van der Waals surface area contributed by atoms with E-state index in [2.05, 4.69) is 15.9 Å². The molecule has 1 unspecified atom stereocenters. The van der Waals surface area contributed by atoms with Crippen molar-refractivity contribution in [2.75, 3.05) is 14.2 Å². The Balaban J connectivity index is 0. The Kier molecular flexibility index (Phi) is 12.7. The van der Waals surface area contributed by atoms with E-state index in [1.165, 1.54) is 26.4 Å². The average molecular weight is 471 g/mol. The first-order valence-electron chi connectivity index (χ1n) is 6.03. The van der Waals surface area contributed by atoms with E-state index in [4.69, 9.17) is 21.1 Å². The molecule has 0 aliphatic heterocycles. The van der Waals surface area contributed by atoms with Crippen LogP contribution in [0.2, 0.25) is 5.02 Å². The second-order valence-corrected chi connectivity index (χ2v) is 5.54. The topological polar surface area (TPSA) is 38.7 Å². The smallest absolute Gasteiger partial charge is 1.00 e. The van der Waals surface area contributed by atoms with Crippen LogP contribution in [-0.2, 0) is 0 Å². The maximum atomic E-state index is 14.1. The van der Waals surface area contributed by atoms with Crippen molar-refractivity contribution in [3.63, 3.8) is 0 Å². The molecule has 0 saturated heterocycles. The van der Waals surface area contributed by atoms with Gasteiger partial charge in [-0.1, -0.05) is 23.7 Å². The average Bonchev–Trinajstić information content (AvgIpc) is 2.49. The van der Waals surface area contributed by atoms with Gasteiger partial charge >= 0.3 is 23.1 Å². The van der Waals surface area contributed by atoms with Gasteiger partial charge < -0.3 is 39.4 Å². The SMILES string of the molecule is COc1cc(OC)c(C(O)c2cccc(Cl)c2F)cc1Br.[Cl-].[Cl-].[Mg+2]. The van der Waals surface area contributed by atoms with Crippen LogP contribution in [0, 0.1) is 5.82 Å². The number of rotatable bonds is 4. The fourth-order valence-electron chi connectivity index (χ4n) is 2.00. The van der Waals surface area contributed by atoms with E-state index in [1.54, 1.807) is 18.2 Å². The van der Waals surface area contributed by atoms with Gasteiger partial charge in [0.2, 0.25) is 0 Å². The molecule has 0 radical (unpaired) electrons. The molecule has 1 N–H and O–H groups in total. The Morgan fingerprint density at radius 1 is 1.08 bits per heavy atom. The summed E-state index contributed by atoms with van der Waals surface area (Å²) in [7, 11) is 2.99. The van der Waals surface area contributed by atoms with Gasteiger partial charge in [0.15, 0.2) is 0 Å².